The van der Waals surface area contributed by atoms with Crippen LogP contribution in [0, 0.1) is 0 Å². The number of ether oxygens (including phenoxy) is 1. The zero-order chi connectivity index (χ0) is 21.1. The standard InChI is InChI=1S/C24H41NO3S/c1-4-10-20(26)13-8-6-5-7-11-19-12-9-14-22-21(19)17-23(18(2)25-22)28-24(27)15-16-29-3/h15-16,18,20,22-23,25-26H,4-14,17H2,1-3H3/b16-15+/t18-,20+,22+,23-/m1/s1. The van der Waals surface area contributed by atoms with Crippen LogP contribution in [0.3, 0.4) is 0 Å². The molecule has 1 fully saturated rings. The second kappa shape index (κ2) is 13.5. The maximum absolute atomic E-state index is 12.0. The van der Waals surface area contributed by atoms with E-state index in [2.05, 4.69) is 19.2 Å². The SMILES string of the molecule is CCC[C@H](O)CCCCCCC1=C2C[C@@H](OC(=O)/C=C/SC)[C@@H](C)N[C@H]2CCC1. The van der Waals surface area contributed by atoms with Gasteiger partial charge in [0.05, 0.1) is 6.10 Å². The number of nitrogens with one attached hydrogen (secondary N) is 1. The number of hydrogen-bond acceptors (Lipinski definition) is 5. The number of carbonyl (C=O) groups excluding carboxylic acids is 1. The van der Waals surface area contributed by atoms with Crippen molar-refractivity contribution in [3.05, 3.63) is 22.6 Å². The van der Waals surface area contributed by atoms with Gasteiger partial charge in [0.1, 0.15) is 6.10 Å². The lowest BCUT2D eigenvalue weighted by atomic mass is 9.79. The van der Waals surface area contributed by atoms with Gasteiger partial charge in [-0.2, -0.15) is 0 Å². The number of carbonyl (C=O) groups is 1. The predicted molar refractivity (Wildman–Crippen MR) is 123 cm³/mol. The topological polar surface area (TPSA) is 58.6 Å². The van der Waals surface area contributed by atoms with E-state index in [1.165, 1.54) is 68.4 Å². The summed E-state index contributed by atoms with van der Waals surface area (Å²) in [5.41, 5.74) is 3.12. The fraction of sp³-hybridized carbons (Fsp3) is 0.792. The molecule has 0 spiro atoms. The molecule has 4 atom stereocenters. The molecule has 4 nitrogen and oxygen atoms in total. The molecule has 29 heavy (non-hydrogen) atoms. The zero-order valence-corrected chi connectivity index (χ0v) is 19.4. The second-order valence-corrected chi connectivity index (χ2v) is 9.39. The van der Waals surface area contributed by atoms with Crippen LogP contribution in [0.2, 0.25) is 0 Å². The molecule has 0 amide bonds. The summed E-state index contributed by atoms with van der Waals surface area (Å²) in [6.07, 6.45) is 16.8. The summed E-state index contributed by atoms with van der Waals surface area (Å²) in [5, 5.41) is 15.3. The molecule has 1 saturated heterocycles. The monoisotopic (exact) mass is 423 g/mol. The molecular weight excluding hydrogens is 382 g/mol. The van der Waals surface area contributed by atoms with Gasteiger partial charge in [-0.15, -0.1) is 11.8 Å². The first-order valence-corrected chi connectivity index (χ1v) is 12.9. The third kappa shape index (κ3) is 8.47. The third-order valence-corrected chi connectivity index (χ3v) is 6.69. The Labute approximate surface area is 181 Å². The summed E-state index contributed by atoms with van der Waals surface area (Å²) in [7, 11) is 0. The molecule has 0 aromatic heterocycles. The maximum atomic E-state index is 12.0. The van der Waals surface area contributed by atoms with E-state index in [0.717, 1.165) is 32.1 Å². The Balaban J connectivity index is 1.82. The van der Waals surface area contributed by atoms with Crippen molar-refractivity contribution in [1.82, 2.24) is 5.32 Å². The number of aliphatic hydroxyl groups excluding tert-OH is 1. The van der Waals surface area contributed by atoms with Crippen LogP contribution in [0.25, 0.3) is 0 Å². The van der Waals surface area contributed by atoms with E-state index in [1.54, 1.807) is 11.0 Å². The molecule has 2 N–H and O–H groups in total. The van der Waals surface area contributed by atoms with E-state index < -0.39 is 0 Å². The Hall–Kier alpha value is -0.780. The molecule has 1 heterocycles. The molecule has 2 aliphatic rings. The fourth-order valence-corrected chi connectivity index (χ4v) is 4.93. The van der Waals surface area contributed by atoms with Gasteiger partial charge < -0.3 is 15.2 Å². The van der Waals surface area contributed by atoms with Crippen molar-refractivity contribution in [2.24, 2.45) is 0 Å². The van der Waals surface area contributed by atoms with Gasteiger partial charge in [0.15, 0.2) is 0 Å². The van der Waals surface area contributed by atoms with Crippen LogP contribution in [-0.2, 0) is 9.53 Å². The van der Waals surface area contributed by atoms with Gasteiger partial charge in [-0.3, -0.25) is 0 Å². The van der Waals surface area contributed by atoms with Crippen LogP contribution in [0.1, 0.15) is 90.9 Å². The minimum atomic E-state index is -0.236. The minimum Gasteiger partial charge on any atom is -0.457 e. The van der Waals surface area contributed by atoms with Crippen molar-refractivity contribution in [3.8, 4) is 0 Å². The smallest absolute Gasteiger partial charge is 0.331 e. The molecule has 0 saturated carbocycles. The quantitative estimate of drug-likeness (QED) is 0.188. The summed E-state index contributed by atoms with van der Waals surface area (Å²) < 4.78 is 5.74. The van der Waals surface area contributed by atoms with E-state index in [1.807, 2.05) is 6.26 Å². The number of rotatable bonds is 12. The largest absolute Gasteiger partial charge is 0.457 e. The minimum absolute atomic E-state index is 0.0755. The lowest BCUT2D eigenvalue weighted by Crippen LogP contribution is -2.52. The Morgan fingerprint density at radius 3 is 2.86 bits per heavy atom. The molecule has 0 unspecified atom stereocenters. The number of esters is 1. The van der Waals surface area contributed by atoms with Crippen molar-refractivity contribution < 1.29 is 14.6 Å². The molecule has 166 valence electrons. The van der Waals surface area contributed by atoms with Gasteiger partial charge >= 0.3 is 5.97 Å². The Kier molecular flexibility index (Phi) is 11.4. The van der Waals surface area contributed by atoms with Crippen molar-refractivity contribution in [3.63, 3.8) is 0 Å². The van der Waals surface area contributed by atoms with Gasteiger partial charge in [0.2, 0.25) is 0 Å². The molecule has 1 aliphatic carbocycles. The van der Waals surface area contributed by atoms with Gasteiger partial charge in [-0.1, -0.05) is 43.8 Å². The average molecular weight is 424 g/mol. The number of allylic oxidation sites excluding steroid dienone is 1. The Morgan fingerprint density at radius 1 is 1.31 bits per heavy atom. The van der Waals surface area contributed by atoms with Crippen molar-refractivity contribution in [2.75, 3.05) is 6.26 Å². The summed E-state index contributed by atoms with van der Waals surface area (Å²) in [5.74, 6) is -0.236. The van der Waals surface area contributed by atoms with Gasteiger partial charge in [0.25, 0.3) is 0 Å². The van der Waals surface area contributed by atoms with Crippen LogP contribution in [0.15, 0.2) is 22.6 Å². The normalized spacial score (nSPS) is 25.9. The third-order valence-electron chi connectivity index (χ3n) is 6.28. The van der Waals surface area contributed by atoms with E-state index in [9.17, 15) is 9.90 Å². The van der Waals surface area contributed by atoms with Crippen molar-refractivity contribution in [1.29, 1.82) is 0 Å². The number of hydrogen-bond donors (Lipinski definition) is 2. The summed E-state index contributed by atoms with van der Waals surface area (Å²) in [6, 6.07) is 0.666. The maximum Gasteiger partial charge on any atom is 0.331 e. The summed E-state index contributed by atoms with van der Waals surface area (Å²) >= 11 is 1.51. The van der Waals surface area contributed by atoms with Crippen molar-refractivity contribution >= 4 is 17.7 Å². The second-order valence-electron chi connectivity index (χ2n) is 8.64. The number of fused-ring (bicyclic) bond motifs is 1. The predicted octanol–water partition coefficient (Wildman–Crippen LogP) is 5.51. The summed E-state index contributed by atoms with van der Waals surface area (Å²) in [4.78, 5) is 12.0. The first-order chi connectivity index (χ1) is 14.0. The van der Waals surface area contributed by atoms with Crippen LogP contribution in [0.4, 0.5) is 0 Å². The van der Waals surface area contributed by atoms with Gasteiger partial charge in [-0.25, -0.2) is 4.79 Å². The highest BCUT2D eigenvalue weighted by atomic mass is 32.2. The van der Waals surface area contributed by atoms with E-state index in [0.29, 0.717) is 6.04 Å². The highest BCUT2D eigenvalue weighted by Crippen LogP contribution is 2.35. The molecule has 1 aliphatic heterocycles. The van der Waals surface area contributed by atoms with E-state index in [-0.39, 0.29) is 24.2 Å². The molecule has 2 rings (SSSR count). The Morgan fingerprint density at radius 2 is 2.10 bits per heavy atom. The van der Waals surface area contributed by atoms with Crippen LogP contribution >= 0.6 is 11.8 Å². The summed E-state index contributed by atoms with van der Waals surface area (Å²) in [6.45, 7) is 4.26. The molecule has 5 heteroatoms. The number of unbranched alkanes of at least 4 members (excludes halogenated alkanes) is 3. The highest BCUT2D eigenvalue weighted by molar-refractivity contribution is 8.01. The van der Waals surface area contributed by atoms with Gasteiger partial charge in [0, 0.05) is 24.6 Å². The zero-order valence-electron chi connectivity index (χ0n) is 18.6. The van der Waals surface area contributed by atoms with Crippen LogP contribution in [0.5, 0.6) is 0 Å². The first-order valence-electron chi connectivity index (χ1n) is 11.6. The fourth-order valence-electron chi connectivity index (χ4n) is 4.68. The Bertz CT molecular complexity index is 560. The van der Waals surface area contributed by atoms with Crippen LogP contribution < -0.4 is 5.32 Å². The molecule has 0 radical (unpaired) electrons. The molecule has 0 aromatic carbocycles. The highest BCUT2D eigenvalue weighted by Gasteiger charge is 2.35. The molecule has 0 aromatic rings. The van der Waals surface area contributed by atoms with Crippen LogP contribution in [-0.4, -0.2) is 41.6 Å². The lowest BCUT2D eigenvalue weighted by Gasteiger charge is -2.40. The number of piperidine rings is 1. The van der Waals surface area contributed by atoms with Gasteiger partial charge in [-0.05, 0) is 63.5 Å². The van der Waals surface area contributed by atoms with Crippen molar-refractivity contribution in [2.45, 2.75) is 115 Å². The average Bonchev–Trinajstić information content (AvgIpc) is 2.70. The molecular formula is C24H41NO3S. The van der Waals surface area contributed by atoms with E-state index in [4.69, 9.17) is 4.74 Å². The first kappa shape index (κ1) is 24.5. The van der Waals surface area contributed by atoms with E-state index >= 15 is 0 Å². The molecule has 0 bridgehead atoms. The number of aliphatic hydroxyl groups is 1. The lowest BCUT2D eigenvalue weighted by molar-refractivity contribution is -0.145. The number of thioether (sulfide) groups is 1.